The van der Waals surface area contributed by atoms with Crippen LogP contribution in [-0.4, -0.2) is 18.4 Å². The summed E-state index contributed by atoms with van der Waals surface area (Å²) in [5.41, 5.74) is 1.95. The molecule has 6 heteroatoms. The molecule has 0 radical (unpaired) electrons. The minimum Gasteiger partial charge on any atom is -0.327 e. The molecule has 2 amide bonds. The van der Waals surface area contributed by atoms with Crippen molar-refractivity contribution in [1.82, 2.24) is 5.32 Å². The van der Waals surface area contributed by atoms with E-state index >= 15 is 0 Å². The molecule has 0 spiro atoms. The van der Waals surface area contributed by atoms with Gasteiger partial charge in [0, 0.05) is 16.8 Å². The molecule has 0 bridgehead atoms. The molecule has 0 atom stereocenters. The van der Waals surface area contributed by atoms with Gasteiger partial charge in [-0.3, -0.25) is 4.79 Å². The van der Waals surface area contributed by atoms with Gasteiger partial charge in [-0.1, -0.05) is 47.2 Å². The van der Waals surface area contributed by atoms with Crippen molar-refractivity contribution in [2.75, 3.05) is 11.9 Å². The maximum atomic E-state index is 11.7. The Hall–Kier alpha value is -2.48. The number of urea groups is 1. The predicted octanol–water partition coefficient (Wildman–Crippen LogP) is 4.37. The number of halogens is 2. The number of carbonyl (C=O) groups is 2. The van der Waals surface area contributed by atoms with E-state index in [1.54, 1.807) is 42.5 Å². The minimum atomic E-state index is -0.394. The molecule has 0 saturated carbocycles. The van der Waals surface area contributed by atoms with Crippen molar-refractivity contribution in [3.8, 4) is 11.8 Å². The van der Waals surface area contributed by atoms with Gasteiger partial charge in [0.1, 0.15) is 0 Å². The first-order chi connectivity index (χ1) is 11.5. The predicted molar refractivity (Wildman–Crippen MR) is 96.8 cm³/mol. The fourth-order valence-electron chi connectivity index (χ4n) is 1.81. The van der Waals surface area contributed by atoms with Crippen molar-refractivity contribution in [2.24, 2.45) is 0 Å². The summed E-state index contributed by atoms with van der Waals surface area (Å²) < 4.78 is 0. The Morgan fingerprint density at radius 1 is 1.04 bits per heavy atom. The second-order valence-corrected chi connectivity index (χ2v) is 5.69. The van der Waals surface area contributed by atoms with Gasteiger partial charge in [0.15, 0.2) is 5.78 Å². The highest BCUT2D eigenvalue weighted by Crippen LogP contribution is 2.24. The van der Waals surface area contributed by atoms with Gasteiger partial charge in [0.2, 0.25) is 0 Å². The third kappa shape index (κ3) is 5.31. The first-order valence-electron chi connectivity index (χ1n) is 7.05. The third-order valence-corrected chi connectivity index (χ3v) is 3.78. The van der Waals surface area contributed by atoms with Crippen LogP contribution in [0.1, 0.15) is 22.8 Å². The summed E-state index contributed by atoms with van der Waals surface area (Å²) in [5.74, 6) is 5.75. The van der Waals surface area contributed by atoms with Crippen molar-refractivity contribution in [3.05, 3.63) is 63.6 Å². The average molecular weight is 361 g/mol. The van der Waals surface area contributed by atoms with Gasteiger partial charge in [0.05, 0.1) is 16.6 Å². The molecule has 2 rings (SSSR count). The molecule has 24 heavy (non-hydrogen) atoms. The smallest absolute Gasteiger partial charge is 0.319 e. The van der Waals surface area contributed by atoms with Crippen LogP contribution in [-0.2, 0) is 0 Å². The molecule has 2 aromatic carbocycles. The fourth-order valence-corrected chi connectivity index (χ4v) is 2.11. The van der Waals surface area contributed by atoms with Gasteiger partial charge in [-0.2, -0.15) is 0 Å². The number of benzene rings is 2. The number of carbonyl (C=O) groups excluding carboxylic acids is 2. The number of ketones is 1. The number of amides is 2. The Morgan fingerprint density at radius 2 is 1.75 bits per heavy atom. The van der Waals surface area contributed by atoms with Gasteiger partial charge in [-0.25, -0.2) is 4.79 Å². The maximum Gasteiger partial charge on any atom is 0.319 e. The molecule has 0 aliphatic heterocycles. The normalized spacial score (nSPS) is 9.62. The standard InChI is InChI=1S/C18H14Cl2N2O2/c1-12(23)14-6-4-13(5-7-14)3-2-10-21-18(24)22-15-8-9-16(19)17(20)11-15/h4-9,11H,10H2,1H3,(H2,21,22,24). The number of Topliss-reactive ketones (excluding diaryl/α,β-unsaturated/α-hetero) is 1. The molecule has 0 aromatic heterocycles. The molecule has 2 N–H and O–H groups in total. The molecule has 122 valence electrons. The fraction of sp³-hybridized carbons (Fsp3) is 0.111. The Labute approximate surface area is 150 Å². The van der Waals surface area contributed by atoms with Crippen LogP contribution in [0.2, 0.25) is 10.0 Å². The van der Waals surface area contributed by atoms with Crippen LogP contribution in [0.5, 0.6) is 0 Å². The highest BCUT2D eigenvalue weighted by Gasteiger charge is 2.03. The highest BCUT2D eigenvalue weighted by molar-refractivity contribution is 6.42. The van der Waals surface area contributed by atoms with Crippen molar-refractivity contribution in [1.29, 1.82) is 0 Å². The Kier molecular flexibility index (Phi) is 6.25. The molecule has 2 aromatic rings. The molecule has 0 unspecified atom stereocenters. The number of rotatable bonds is 3. The molecule has 0 saturated heterocycles. The lowest BCUT2D eigenvalue weighted by atomic mass is 10.1. The van der Waals surface area contributed by atoms with Crippen LogP contribution in [0.15, 0.2) is 42.5 Å². The van der Waals surface area contributed by atoms with Crippen LogP contribution in [0.4, 0.5) is 10.5 Å². The summed E-state index contributed by atoms with van der Waals surface area (Å²) in [7, 11) is 0. The van der Waals surface area contributed by atoms with Crippen LogP contribution in [0.25, 0.3) is 0 Å². The average Bonchev–Trinajstić information content (AvgIpc) is 2.55. The number of nitrogens with one attached hydrogen (secondary N) is 2. The first kappa shape index (κ1) is 17.9. The van der Waals surface area contributed by atoms with Crippen LogP contribution in [0, 0.1) is 11.8 Å². The summed E-state index contributed by atoms with van der Waals surface area (Å²) in [6, 6.07) is 11.4. The minimum absolute atomic E-state index is 0.00940. The van der Waals surface area contributed by atoms with Gasteiger partial charge in [0.25, 0.3) is 0 Å². The SMILES string of the molecule is CC(=O)c1ccc(C#CCNC(=O)Nc2ccc(Cl)c(Cl)c2)cc1. The zero-order chi connectivity index (χ0) is 17.5. The molecule has 4 nitrogen and oxygen atoms in total. The second kappa shape index (κ2) is 8.39. The quantitative estimate of drug-likeness (QED) is 0.630. The lowest BCUT2D eigenvalue weighted by Crippen LogP contribution is -2.28. The van der Waals surface area contributed by atoms with E-state index in [0.717, 1.165) is 5.56 Å². The van der Waals surface area contributed by atoms with Gasteiger partial charge < -0.3 is 10.6 Å². The van der Waals surface area contributed by atoms with Gasteiger partial charge in [-0.05, 0) is 37.3 Å². The summed E-state index contributed by atoms with van der Waals surface area (Å²) in [4.78, 5) is 22.9. The van der Waals surface area contributed by atoms with E-state index in [4.69, 9.17) is 23.2 Å². The van der Waals surface area contributed by atoms with Crippen LogP contribution < -0.4 is 10.6 Å². The topological polar surface area (TPSA) is 58.2 Å². The number of anilines is 1. The lowest BCUT2D eigenvalue weighted by molar-refractivity contribution is 0.101. The van der Waals surface area contributed by atoms with Crippen LogP contribution in [0.3, 0.4) is 0 Å². The van der Waals surface area contributed by atoms with E-state index in [1.165, 1.54) is 6.92 Å². The maximum absolute atomic E-state index is 11.7. The van der Waals surface area contributed by atoms with E-state index in [-0.39, 0.29) is 12.3 Å². The first-order valence-corrected chi connectivity index (χ1v) is 7.81. The molecule has 0 heterocycles. The zero-order valence-electron chi connectivity index (χ0n) is 12.8. The zero-order valence-corrected chi connectivity index (χ0v) is 14.3. The summed E-state index contributed by atoms with van der Waals surface area (Å²) in [6.07, 6.45) is 0. The van der Waals surface area contributed by atoms with Crippen molar-refractivity contribution < 1.29 is 9.59 Å². The molecule has 0 fully saturated rings. The summed E-state index contributed by atoms with van der Waals surface area (Å²) in [6.45, 7) is 1.69. The molecular weight excluding hydrogens is 347 g/mol. The Morgan fingerprint density at radius 3 is 2.38 bits per heavy atom. The largest absolute Gasteiger partial charge is 0.327 e. The van der Waals surface area contributed by atoms with Gasteiger partial charge in [-0.15, -0.1) is 0 Å². The second-order valence-electron chi connectivity index (χ2n) is 4.87. The molecule has 0 aliphatic carbocycles. The molecular formula is C18H14Cl2N2O2. The number of hydrogen-bond acceptors (Lipinski definition) is 2. The van der Waals surface area contributed by atoms with E-state index in [1.807, 2.05) is 0 Å². The Bertz CT molecular complexity index is 821. The van der Waals surface area contributed by atoms with Crippen molar-refractivity contribution >= 4 is 40.7 Å². The Balaban J connectivity index is 1.84. The van der Waals surface area contributed by atoms with E-state index in [9.17, 15) is 9.59 Å². The van der Waals surface area contributed by atoms with Gasteiger partial charge >= 0.3 is 6.03 Å². The summed E-state index contributed by atoms with van der Waals surface area (Å²) in [5, 5.41) is 6.03. The van der Waals surface area contributed by atoms with E-state index in [0.29, 0.717) is 21.3 Å². The van der Waals surface area contributed by atoms with E-state index < -0.39 is 6.03 Å². The lowest BCUT2D eigenvalue weighted by Gasteiger charge is -2.06. The summed E-state index contributed by atoms with van der Waals surface area (Å²) >= 11 is 11.7. The van der Waals surface area contributed by atoms with E-state index in [2.05, 4.69) is 22.5 Å². The van der Waals surface area contributed by atoms with Crippen LogP contribution >= 0.6 is 23.2 Å². The highest BCUT2D eigenvalue weighted by atomic mass is 35.5. The van der Waals surface area contributed by atoms with Crippen molar-refractivity contribution in [2.45, 2.75) is 6.92 Å². The third-order valence-electron chi connectivity index (χ3n) is 3.04. The molecule has 0 aliphatic rings. The number of hydrogen-bond donors (Lipinski definition) is 2. The van der Waals surface area contributed by atoms with Crippen molar-refractivity contribution in [3.63, 3.8) is 0 Å². The monoisotopic (exact) mass is 360 g/mol.